The monoisotopic (exact) mass is 171 g/mol. The van der Waals surface area contributed by atoms with Crippen molar-refractivity contribution in [1.82, 2.24) is 4.90 Å². The summed E-state index contributed by atoms with van der Waals surface area (Å²) >= 11 is 0. The Labute approximate surface area is 71.5 Å². The lowest BCUT2D eigenvalue weighted by atomic mass is 10.3. The summed E-state index contributed by atoms with van der Waals surface area (Å²) in [5.74, 6) is -0.452. The van der Waals surface area contributed by atoms with Crippen molar-refractivity contribution in [3.05, 3.63) is 0 Å². The Hall–Kier alpha value is -0.900. The van der Waals surface area contributed by atoms with E-state index in [4.69, 9.17) is 0 Å². The number of esters is 1. The number of likely N-dealkylation sites (tertiary alicyclic amines) is 1. The molecule has 1 fully saturated rings. The van der Waals surface area contributed by atoms with Crippen molar-refractivity contribution >= 4 is 12.3 Å². The summed E-state index contributed by atoms with van der Waals surface area (Å²) in [5.41, 5.74) is 0. The summed E-state index contributed by atoms with van der Waals surface area (Å²) in [4.78, 5) is 23.4. The summed E-state index contributed by atoms with van der Waals surface area (Å²) in [5, 5.41) is 0. The number of methoxy groups -OCH3 is 1. The molecule has 1 aliphatic rings. The van der Waals surface area contributed by atoms with Gasteiger partial charge in [-0.25, -0.2) is 4.79 Å². The Kier molecular flexibility index (Phi) is 3.22. The summed E-state index contributed by atoms with van der Waals surface area (Å²) in [7, 11) is 1.30. The molecule has 0 radical (unpaired) electrons. The highest BCUT2D eigenvalue weighted by molar-refractivity contribution is 5.92. The Morgan fingerprint density at radius 1 is 1.50 bits per heavy atom. The predicted molar refractivity (Wildman–Crippen MR) is 42.7 cm³/mol. The molecule has 68 valence electrons. The van der Waals surface area contributed by atoms with E-state index in [9.17, 15) is 9.59 Å². The molecule has 4 nitrogen and oxygen atoms in total. The van der Waals surface area contributed by atoms with Crippen molar-refractivity contribution in [3.8, 4) is 0 Å². The van der Waals surface area contributed by atoms with Gasteiger partial charge in [0, 0.05) is 0 Å². The van der Waals surface area contributed by atoms with Crippen molar-refractivity contribution in [1.29, 1.82) is 0 Å². The molecule has 4 heteroatoms. The second-order valence-electron chi connectivity index (χ2n) is 2.85. The van der Waals surface area contributed by atoms with Crippen LogP contribution in [0.25, 0.3) is 0 Å². The molecule has 0 amide bonds. The van der Waals surface area contributed by atoms with Crippen LogP contribution < -0.4 is 0 Å². The van der Waals surface area contributed by atoms with Crippen LogP contribution in [0.2, 0.25) is 0 Å². The Morgan fingerprint density at radius 2 is 2.08 bits per heavy atom. The molecule has 1 aliphatic heterocycles. The zero-order chi connectivity index (χ0) is 8.97. The first-order valence-corrected chi connectivity index (χ1v) is 4.06. The Balaban J connectivity index is 2.54. The van der Waals surface area contributed by atoms with E-state index in [1.54, 1.807) is 0 Å². The molecule has 1 atom stereocenters. The van der Waals surface area contributed by atoms with Crippen LogP contribution in [-0.2, 0) is 14.3 Å². The second-order valence-corrected chi connectivity index (χ2v) is 2.85. The van der Waals surface area contributed by atoms with E-state index in [2.05, 4.69) is 4.74 Å². The molecule has 0 N–H and O–H groups in total. The minimum atomic E-state index is -0.683. The zero-order valence-corrected chi connectivity index (χ0v) is 7.16. The van der Waals surface area contributed by atoms with Gasteiger partial charge in [0.05, 0.1) is 7.11 Å². The fraction of sp³-hybridized carbons (Fsp3) is 0.750. The van der Waals surface area contributed by atoms with Crippen molar-refractivity contribution in [2.45, 2.75) is 18.9 Å². The molecule has 0 aliphatic carbocycles. The fourth-order valence-corrected chi connectivity index (χ4v) is 1.43. The highest BCUT2D eigenvalue weighted by Gasteiger charge is 2.27. The lowest BCUT2D eigenvalue weighted by molar-refractivity contribution is -0.148. The van der Waals surface area contributed by atoms with E-state index < -0.39 is 12.0 Å². The number of rotatable bonds is 3. The lowest BCUT2D eigenvalue weighted by Gasteiger charge is -2.19. The van der Waals surface area contributed by atoms with E-state index in [0.29, 0.717) is 6.29 Å². The highest BCUT2D eigenvalue weighted by Crippen LogP contribution is 2.11. The lowest BCUT2D eigenvalue weighted by Crippen LogP contribution is -2.41. The summed E-state index contributed by atoms with van der Waals surface area (Å²) in [6.45, 7) is 1.64. The van der Waals surface area contributed by atoms with Crippen LogP contribution in [0.15, 0.2) is 0 Å². The molecule has 12 heavy (non-hydrogen) atoms. The van der Waals surface area contributed by atoms with Gasteiger partial charge in [0.2, 0.25) is 0 Å². The minimum absolute atomic E-state index is 0.452. The molecule has 1 rings (SSSR count). The van der Waals surface area contributed by atoms with Gasteiger partial charge in [-0.15, -0.1) is 0 Å². The molecule has 0 aromatic carbocycles. The third-order valence-electron chi connectivity index (χ3n) is 2.11. The molecule has 0 saturated carbocycles. The maximum Gasteiger partial charge on any atom is 0.330 e. The van der Waals surface area contributed by atoms with Crippen LogP contribution >= 0.6 is 0 Å². The smallest absolute Gasteiger partial charge is 0.330 e. The molecular formula is C8H13NO3. The molecule has 1 heterocycles. The minimum Gasteiger partial charge on any atom is -0.468 e. The Morgan fingerprint density at radius 3 is 2.50 bits per heavy atom. The van der Waals surface area contributed by atoms with Gasteiger partial charge >= 0.3 is 5.97 Å². The van der Waals surface area contributed by atoms with Gasteiger partial charge in [-0.2, -0.15) is 0 Å². The van der Waals surface area contributed by atoms with Crippen LogP contribution in [0.5, 0.6) is 0 Å². The first-order chi connectivity index (χ1) is 5.79. The third-order valence-corrected chi connectivity index (χ3v) is 2.11. The normalized spacial score (nSPS) is 20.4. The fourth-order valence-electron chi connectivity index (χ4n) is 1.43. The molecule has 0 spiro atoms. The third kappa shape index (κ3) is 1.82. The number of nitrogens with zero attached hydrogens (tertiary/aromatic N) is 1. The van der Waals surface area contributed by atoms with Gasteiger partial charge in [-0.05, 0) is 25.9 Å². The predicted octanol–water partition coefficient (Wildman–Crippen LogP) is -0.177. The quantitative estimate of drug-likeness (QED) is 0.336. The first-order valence-electron chi connectivity index (χ1n) is 4.06. The number of carbonyl (C=O) groups excluding carboxylic acids is 2. The van der Waals surface area contributed by atoms with E-state index in [1.165, 1.54) is 7.11 Å². The number of ether oxygens (including phenoxy) is 1. The van der Waals surface area contributed by atoms with Crippen LogP contribution in [-0.4, -0.2) is 43.4 Å². The summed E-state index contributed by atoms with van der Waals surface area (Å²) in [6, 6.07) is -0.683. The molecule has 0 aromatic rings. The average Bonchev–Trinajstić information content (AvgIpc) is 2.58. The van der Waals surface area contributed by atoms with Crippen molar-refractivity contribution in [2.24, 2.45) is 0 Å². The molecule has 1 saturated heterocycles. The van der Waals surface area contributed by atoms with Crippen molar-refractivity contribution < 1.29 is 14.3 Å². The van der Waals surface area contributed by atoms with Gasteiger partial charge in [0.1, 0.15) is 6.29 Å². The molecule has 0 aromatic heterocycles. The number of hydrogen-bond donors (Lipinski definition) is 0. The van der Waals surface area contributed by atoms with Gasteiger partial charge < -0.3 is 9.53 Å². The molecule has 1 unspecified atom stereocenters. The highest BCUT2D eigenvalue weighted by atomic mass is 16.5. The van der Waals surface area contributed by atoms with Gasteiger partial charge in [0.25, 0.3) is 0 Å². The largest absolute Gasteiger partial charge is 0.468 e. The number of carbonyl (C=O) groups is 2. The van der Waals surface area contributed by atoms with E-state index in [1.807, 2.05) is 4.90 Å². The van der Waals surface area contributed by atoms with E-state index >= 15 is 0 Å². The number of aldehydes is 1. The SMILES string of the molecule is COC(=O)C(C=O)N1CCCC1. The van der Waals surface area contributed by atoms with Crippen LogP contribution in [0, 0.1) is 0 Å². The van der Waals surface area contributed by atoms with E-state index in [-0.39, 0.29) is 0 Å². The maximum absolute atomic E-state index is 11.0. The zero-order valence-electron chi connectivity index (χ0n) is 7.16. The standard InChI is InChI=1S/C8H13NO3/c1-12-8(11)7(6-10)9-4-2-3-5-9/h6-7H,2-5H2,1H3. The summed E-state index contributed by atoms with van der Waals surface area (Å²) in [6.07, 6.45) is 2.76. The topological polar surface area (TPSA) is 46.6 Å². The Bertz CT molecular complexity index is 175. The van der Waals surface area contributed by atoms with Crippen LogP contribution in [0.3, 0.4) is 0 Å². The molecular weight excluding hydrogens is 158 g/mol. The number of hydrogen-bond acceptors (Lipinski definition) is 4. The van der Waals surface area contributed by atoms with Gasteiger partial charge in [0.15, 0.2) is 6.04 Å². The van der Waals surface area contributed by atoms with Gasteiger partial charge in [-0.1, -0.05) is 0 Å². The van der Waals surface area contributed by atoms with Crippen LogP contribution in [0.4, 0.5) is 0 Å². The van der Waals surface area contributed by atoms with Crippen LogP contribution in [0.1, 0.15) is 12.8 Å². The average molecular weight is 171 g/mol. The second kappa shape index (κ2) is 4.21. The first kappa shape index (κ1) is 9.19. The van der Waals surface area contributed by atoms with Crippen molar-refractivity contribution in [3.63, 3.8) is 0 Å². The van der Waals surface area contributed by atoms with E-state index in [0.717, 1.165) is 25.9 Å². The van der Waals surface area contributed by atoms with Gasteiger partial charge in [-0.3, -0.25) is 4.90 Å². The van der Waals surface area contributed by atoms with Crippen molar-refractivity contribution in [2.75, 3.05) is 20.2 Å². The molecule has 0 bridgehead atoms. The summed E-state index contributed by atoms with van der Waals surface area (Å²) < 4.78 is 4.50. The maximum atomic E-state index is 11.0.